The second-order valence-electron chi connectivity index (χ2n) is 5.09. The predicted molar refractivity (Wildman–Crippen MR) is 71.1 cm³/mol. The summed E-state index contributed by atoms with van der Waals surface area (Å²) in [6, 6.07) is 8.50. The average Bonchev–Trinajstić information content (AvgIpc) is 2.56. The van der Waals surface area contributed by atoms with Gasteiger partial charge in [-0.2, -0.15) is 0 Å². The molecule has 94 valence electrons. The van der Waals surface area contributed by atoms with Crippen LogP contribution in [0.25, 0.3) is 0 Å². The molecule has 0 saturated carbocycles. The smallest absolute Gasteiger partial charge is 0.0909 e. The molecule has 0 spiro atoms. The van der Waals surface area contributed by atoms with Gasteiger partial charge in [-0.05, 0) is 49.9 Å². The summed E-state index contributed by atoms with van der Waals surface area (Å²) < 4.78 is 0. The molecule has 1 saturated heterocycles. The van der Waals surface area contributed by atoms with Crippen molar-refractivity contribution >= 4 is 0 Å². The molecule has 1 aliphatic rings. The van der Waals surface area contributed by atoms with E-state index in [0.29, 0.717) is 0 Å². The molecule has 17 heavy (non-hydrogen) atoms. The number of benzene rings is 1. The zero-order chi connectivity index (χ0) is 12.1. The topological polar surface area (TPSA) is 32.3 Å². The Balaban J connectivity index is 2.21. The van der Waals surface area contributed by atoms with Crippen molar-refractivity contribution in [2.24, 2.45) is 0 Å². The molecule has 1 atom stereocenters. The van der Waals surface area contributed by atoms with E-state index >= 15 is 0 Å². The highest BCUT2D eigenvalue weighted by atomic mass is 16.3. The molecule has 2 nitrogen and oxygen atoms in total. The first-order chi connectivity index (χ1) is 8.24. The van der Waals surface area contributed by atoms with Crippen LogP contribution in [0.2, 0.25) is 0 Å². The van der Waals surface area contributed by atoms with E-state index in [4.69, 9.17) is 0 Å². The Hall–Kier alpha value is -0.860. The van der Waals surface area contributed by atoms with Gasteiger partial charge in [-0.1, -0.05) is 37.6 Å². The fraction of sp³-hybridized carbons (Fsp3) is 0.600. The van der Waals surface area contributed by atoms with Crippen LogP contribution in [0.3, 0.4) is 0 Å². The number of nitrogens with one attached hydrogen (secondary N) is 1. The molecule has 2 N–H and O–H groups in total. The van der Waals surface area contributed by atoms with Gasteiger partial charge in [-0.15, -0.1) is 0 Å². The SMILES string of the molecule is CCCc1cccc(C2(O)CCCNCC2)c1. The minimum atomic E-state index is -0.618. The molecule has 0 bridgehead atoms. The van der Waals surface area contributed by atoms with Crippen LogP contribution < -0.4 is 5.32 Å². The number of aryl methyl sites for hydroxylation is 1. The number of rotatable bonds is 3. The Bertz CT molecular complexity index is 354. The summed E-state index contributed by atoms with van der Waals surface area (Å²) in [6.07, 6.45) is 5.00. The minimum Gasteiger partial charge on any atom is -0.385 e. The summed E-state index contributed by atoms with van der Waals surface area (Å²) in [7, 11) is 0. The molecule has 0 amide bonds. The third-order valence-corrected chi connectivity index (χ3v) is 3.66. The van der Waals surface area contributed by atoms with Crippen LogP contribution >= 0.6 is 0 Å². The summed E-state index contributed by atoms with van der Waals surface area (Å²) in [5.74, 6) is 0. The van der Waals surface area contributed by atoms with Crippen LogP contribution in [0, 0.1) is 0 Å². The van der Waals surface area contributed by atoms with E-state index in [0.717, 1.165) is 50.8 Å². The van der Waals surface area contributed by atoms with Crippen molar-refractivity contribution in [3.05, 3.63) is 35.4 Å². The lowest BCUT2D eigenvalue weighted by atomic mass is 9.86. The third kappa shape index (κ3) is 3.08. The lowest BCUT2D eigenvalue weighted by Gasteiger charge is -2.27. The molecule has 1 aromatic rings. The zero-order valence-corrected chi connectivity index (χ0v) is 10.7. The van der Waals surface area contributed by atoms with E-state index in [2.05, 4.69) is 36.5 Å². The molecule has 1 unspecified atom stereocenters. The van der Waals surface area contributed by atoms with Crippen LogP contribution in [0.4, 0.5) is 0 Å². The molecule has 0 radical (unpaired) electrons. The highest BCUT2D eigenvalue weighted by molar-refractivity contribution is 5.28. The first kappa shape index (κ1) is 12.6. The Morgan fingerprint density at radius 1 is 1.29 bits per heavy atom. The van der Waals surface area contributed by atoms with Crippen LogP contribution in [0.15, 0.2) is 24.3 Å². The normalized spacial score (nSPS) is 25.5. The molecule has 1 heterocycles. The van der Waals surface area contributed by atoms with Crippen molar-refractivity contribution in [3.8, 4) is 0 Å². The summed E-state index contributed by atoms with van der Waals surface area (Å²) >= 11 is 0. The van der Waals surface area contributed by atoms with Crippen molar-refractivity contribution in [2.75, 3.05) is 13.1 Å². The highest BCUT2D eigenvalue weighted by Crippen LogP contribution is 2.31. The molecular formula is C15H23NO. The van der Waals surface area contributed by atoms with Gasteiger partial charge < -0.3 is 10.4 Å². The maximum Gasteiger partial charge on any atom is 0.0909 e. The van der Waals surface area contributed by atoms with E-state index in [1.165, 1.54) is 5.56 Å². The van der Waals surface area contributed by atoms with E-state index in [-0.39, 0.29) is 0 Å². The van der Waals surface area contributed by atoms with Gasteiger partial charge in [0.2, 0.25) is 0 Å². The first-order valence-electron chi connectivity index (χ1n) is 6.77. The second kappa shape index (κ2) is 5.65. The fourth-order valence-corrected chi connectivity index (χ4v) is 2.64. The van der Waals surface area contributed by atoms with E-state index in [1.54, 1.807) is 0 Å². The molecule has 1 aliphatic heterocycles. The predicted octanol–water partition coefficient (Wildman–Crippen LogP) is 2.60. The molecule has 1 fully saturated rings. The largest absolute Gasteiger partial charge is 0.385 e. The van der Waals surface area contributed by atoms with E-state index in [9.17, 15) is 5.11 Å². The number of hydrogen-bond donors (Lipinski definition) is 2. The quantitative estimate of drug-likeness (QED) is 0.841. The Morgan fingerprint density at radius 2 is 2.18 bits per heavy atom. The average molecular weight is 233 g/mol. The lowest BCUT2D eigenvalue weighted by Crippen LogP contribution is -2.27. The highest BCUT2D eigenvalue weighted by Gasteiger charge is 2.29. The molecule has 2 rings (SSSR count). The van der Waals surface area contributed by atoms with Gasteiger partial charge in [0.1, 0.15) is 0 Å². The van der Waals surface area contributed by atoms with Gasteiger partial charge in [-0.25, -0.2) is 0 Å². The van der Waals surface area contributed by atoms with E-state index in [1.807, 2.05) is 0 Å². The maximum atomic E-state index is 10.8. The van der Waals surface area contributed by atoms with Gasteiger partial charge in [0.15, 0.2) is 0 Å². The molecule has 0 aromatic heterocycles. The fourth-order valence-electron chi connectivity index (χ4n) is 2.64. The van der Waals surface area contributed by atoms with Gasteiger partial charge in [-0.3, -0.25) is 0 Å². The first-order valence-corrected chi connectivity index (χ1v) is 6.77. The molecule has 0 aliphatic carbocycles. The zero-order valence-electron chi connectivity index (χ0n) is 10.7. The van der Waals surface area contributed by atoms with Crippen molar-refractivity contribution in [2.45, 2.75) is 44.6 Å². The van der Waals surface area contributed by atoms with Crippen molar-refractivity contribution in [1.29, 1.82) is 0 Å². The lowest BCUT2D eigenvalue weighted by molar-refractivity contribution is 0.0240. The third-order valence-electron chi connectivity index (χ3n) is 3.66. The molecular weight excluding hydrogens is 210 g/mol. The summed E-state index contributed by atoms with van der Waals surface area (Å²) in [5.41, 5.74) is 1.83. The van der Waals surface area contributed by atoms with Crippen LogP contribution in [0.5, 0.6) is 0 Å². The monoisotopic (exact) mass is 233 g/mol. The van der Waals surface area contributed by atoms with Gasteiger partial charge >= 0.3 is 0 Å². The Labute approximate surface area is 104 Å². The second-order valence-corrected chi connectivity index (χ2v) is 5.09. The summed E-state index contributed by atoms with van der Waals surface area (Å²) in [6.45, 7) is 4.13. The van der Waals surface area contributed by atoms with Crippen molar-refractivity contribution in [1.82, 2.24) is 5.32 Å². The summed E-state index contributed by atoms with van der Waals surface area (Å²) in [5, 5.41) is 14.1. The van der Waals surface area contributed by atoms with Crippen LogP contribution in [-0.4, -0.2) is 18.2 Å². The molecule has 2 heteroatoms. The molecule has 1 aromatic carbocycles. The Morgan fingerprint density at radius 3 is 3.00 bits per heavy atom. The standard InChI is InChI=1S/C15H23NO/c1-2-5-13-6-3-7-14(12-13)15(17)8-4-10-16-11-9-15/h3,6-7,12,16-17H,2,4-5,8-11H2,1H3. The van der Waals surface area contributed by atoms with Crippen molar-refractivity contribution in [3.63, 3.8) is 0 Å². The van der Waals surface area contributed by atoms with Crippen LogP contribution in [0.1, 0.15) is 43.7 Å². The number of aliphatic hydroxyl groups is 1. The Kier molecular flexibility index (Phi) is 4.19. The summed E-state index contributed by atoms with van der Waals surface area (Å²) in [4.78, 5) is 0. The number of hydrogen-bond acceptors (Lipinski definition) is 2. The maximum absolute atomic E-state index is 10.8. The van der Waals surface area contributed by atoms with E-state index < -0.39 is 5.60 Å². The van der Waals surface area contributed by atoms with Gasteiger partial charge in [0.25, 0.3) is 0 Å². The van der Waals surface area contributed by atoms with Crippen molar-refractivity contribution < 1.29 is 5.11 Å². The van der Waals surface area contributed by atoms with Crippen LogP contribution in [-0.2, 0) is 12.0 Å². The van der Waals surface area contributed by atoms with Gasteiger partial charge in [0.05, 0.1) is 5.60 Å². The minimum absolute atomic E-state index is 0.618. The van der Waals surface area contributed by atoms with Gasteiger partial charge in [0, 0.05) is 0 Å².